The normalized spacial score (nSPS) is 11.3. The fraction of sp³-hybridized carbons (Fsp3) is 0.308. The van der Waals surface area contributed by atoms with Crippen molar-refractivity contribution in [3.8, 4) is 5.88 Å². The number of aryl methyl sites for hydroxylation is 1. The van der Waals surface area contributed by atoms with Crippen LogP contribution < -0.4 is 15.8 Å². The molecule has 2 heterocycles. The quantitative estimate of drug-likeness (QED) is 0.881. The highest BCUT2D eigenvalue weighted by Crippen LogP contribution is 2.18. The summed E-state index contributed by atoms with van der Waals surface area (Å²) >= 11 is 0. The van der Waals surface area contributed by atoms with Gasteiger partial charge < -0.3 is 15.8 Å². The van der Waals surface area contributed by atoms with Crippen LogP contribution in [0.2, 0.25) is 0 Å². The molecule has 118 valence electrons. The number of hydrogen-bond acceptors (Lipinski definition) is 6. The van der Waals surface area contributed by atoms with Crippen LogP contribution in [0.15, 0.2) is 24.4 Å². The molecule has 9 heteroatoms. The van der Waals surface area contributed by atoms with E-state index in [0.717, 1.165) is 0 Å². The van der Waals surface area contributed by atoms with Crippen LogP contribution in [0, 0.1) is 6.92 Å². The molecule has 0 spiro atoms. The molecular weight excluding hydrogens is 299 g/mol. The van der Waals surface area contributed by atoms with Crippen LogP contribution in [0.5, 0.6) is 5.88 Å². The Morgan fingerprint density at radius 3 is 2.73 bits per heavy atom. The summed E-state index contributed by atoms with van der Waals surface area (Å²) < 4.78 is 40.9. The van der Waals surface area contributed by atoms with Gasteiger partial charge in [0.05, 0.1) is 0 Å². The number of anilines is 2. The second-order valence-corrected chi connectivity index (χ2v) is 4.51. The number of alkyl halides is 3. The van der Waals surface area contributed by atoms with Gasteiger partial charge in [-0.1, -0.05) is 0 Å². The third kappa shape index (κ3) is 5.08. The first-order chi connectivity index (χ1) is 10.3. The number of nitrogen functional groups attached to an aromatic ring is 1. The molecule has 3 N–H and O–H groups in total. The Balaban J connectivity index is 1.98. The molecule has 0 aromatic carbocycles. The highest BCUT2D eigenvalue weighted by atomic mass is 19.4. The molecule has 0 amide bonds. The van der Waals surface area contributed by atoms with Crippen LogP contribution in [0.3, 0.4) is 0 Å². The minimum Gasteiger partial charge on any atom is -0.468 e. The maximum Gasteiger partial charge on any atom is 0.422 e. The SMILES string of the molecule is Cc1cc(NCc2ccnc(OCC(F)(F)F)c2)nc(N)n1. The summed E-state index contributed by atoms with van der Waals surface area (Å²) in [5, 5.41) is 3.01. The van der Waals surface area contributed by atoms with Crippen LogP contribution in [0.1, 0.15) is 11.3 Å². The molecule has 2 rings (SSSR count). The number of hydrogen-bond donors (Lipinski definition) is 2. The van der Waals surface area contributed by atoms with Crippen molar-refractivity contribution in [1.29, 1.82) is 0 Å². The minimum atomic E-state index is -4.40. The van der Waals surface area contributed by atoms with Gasteiger partial charge in [0.2, 0.25) is 11.8 Å². The lowest BCUT2D eigenvalue weighted by Gasteiger charge is -2.10. The van der Waals surface area contributed by atoms with Crippen LogP contribution in [0.25, 0.3) is 0 Å². The molecule has 0 fully saturated rings. The molecule has 0 aliphatic rings. The Morgan fingerprint density at radius 1 is 1.27 bits per heavy atom. The van der Waals surface area contributed by atoms with E-state index in [1.165, 1.54) is 12.3 Å². The number of halogens is 3. The first-order valence-electron chi connectivity index (χ1n) is 6.31. The highest BCUT2D eigenvalue weighted by molar-refractivity contribution is 5.41. The largest absolute Gasteiger partial charge is 0.468 e. The van der Waals surface area contributed by atoms with E-state index in [1.807, 2.05) is 0 Å². The molecule has 0 saturated carbocycles. The average molecular weight is 313 g/mol. The number of nitrogens with one attached hydrogen (secondary N) is 1. The minimum absolute atomic E-state index is 0.0880. The Hall–Kier alpha value is -2.58. The predicted octanol–water partition coefficient (Wildman–Crippen LogP) is 2.32. The van der Waals surface area contributed by atoms with Gasteiger partial charge in [0, 0.05) is 30.6 Å². The number of nitrogens with zero attached hydrogens (tertiary/aromatic N) is 3. The van der Waals surface area contributed by atoms with Crippen LogP contribution in [-0.4, -0.2) is 27.7 Å². The monoisotopic (exact) mass is 313 g/mol. The van der Waals surface area contributed by atoms with Gasteiger partial charge in [-0.2, -0.15) is 18.2 Å². The van der Waals surface area contributed by atoms with Gasteiger partial charge in [-0.25, -0.2) is 9.97 Å². The van der Waals surface area contributed by atoms with Crippen molar-refractivity contribution in [2.75, 3.05) is 17.7 Å². The molecule has 0 radical (unpaired) electrons. The molecule has 22 heavy (non-hydrogen) atoms. The fourth-order valence-corrected chi connectivity index (χ4v) is 1.67. The molecule has 0 unspecified atom stereocenters. The van der Waals surface area contributed by atoms with Crippen molar-refractivity contribution in [3.05, 3.63) is 35.7 Å². The van der Waals surface area contributed by atoms with Gasteiger partial charge in [0.15, 0.2) is 6.61 Å². The van der Waals surface area contributed by atoms with Crippen LogP contribution in [0.4, 0.5) is 24.9 Å². The van der Waals surface area contributed by atoms with E-state index in [-0.39, 0.29) is 11.8 Å². The first kappa shape index (κ1) is 15.8. The molecule has 0 aliphatic heterocycles. The second-order valence-electron chi connectivity index (χ2n) is 4.51. The van der Waals surface area contributed by atoms with E-state index in [0.29, 0.717) is 23.6 Å². The summed E-state index contributed by atoms with van der Waals surface area (Å²) in [5.74, 6) is 0.584. The standard InChI is InChI=1S/C13H14F3N5O/c1-8-4-10(21-12(17)20-8)19-6-9-2-3-18-11(5-9)22-7-13(14,15)16/h2-5H,6-7H2,1H3,(H3,17,19,20,21). The Morgan fingerprint density at radius 2 is 2.05 bits per heavy atom. The maximum absolute atomic E-state index is 12.1. The highest BCUT2D eigenvalue weighted by Gasteiger charge is 2.28. The lowest BCUT2D eigenvalue weighted by atomic mass is 10.2. The second kappa shape index (κ2) is 6.46. The third-order valence-electron chi connectivity index (χ3n) is 2.53. The lowest BCUT2D eigenvalue weighted by Crippen LogP contribution is -2.19. The number of rotatable bonds is 5. The zero-order valence-electron chi connectivity index (χ0n) is 11.7. The van der Waals surface area contributed by atoms with Crippen LogP contribution in [-0.2, 0) is 6.54 Å². The number of pyridine rings is 1. The number of nitrogens with two attached hydrogens (primary N) is 1. The topological polar surface area (TPSA) is 86.0 Å². The maximum atomic E-state index is 12.1. The molecular formula is C13H14F3N5O. The number of ether oxygens (including phenoxy) is 1. The lowest BCUT2D eigenvalue weighted by molar-refractivity contribution is -0.154. The Kier molecular flexibility index (Phi) is 4.64. The summed E-state index contributed by atoms with van der Waals surface area (Å²) in [6.07, 6.45) is -3.02. The van der Waals surface area contributed by atoms with Gasteiger partial charge in [-0.05, 0) is 18.6 Å². The molecule has 0 saturated heterocycles. The molecule has 0 atom stereocenters. The molecule has 2 aromatic rings. The summed E-state index contributed by atoms with van der Waals surface area (Å²) in [6.45, 7) is 0.734. The van der Waals surface area contributed by atoms with Gasteiger partial charge in [0.25, 0.3) is 0 Å². The van der Waals surface area contributed by atoms with E-state index in [2.05, 4.69) is 25.0 Å². The van der Waals surface area contributed by atoms with Crippen molar-refractivity contribution in [2.24, 2.45) is 0 Å². The van der Waals surface area contributed by atoms with Crippen molar-refractivity contribution in [3.63, 3.8) is 0 Å². The van der Waals surface area contributed by atoms with Crippen molar-refractivity contribution < 1.29 is 17.9 Å². The van der Waals surface area contributed by atoms with E-state index in [9.17, 15) is 13.2 Å². The zero-order chi connectivity index (χ0) is 16.2. The first-order valence-corrected chi connectivity index (χ1v) is 6.31. The molecule has 0 aliphatic carbocycles. The summed E-state index contributed by atoms with van der Waals surface area (Å²) in [5.41, 5.74) is 6.94. The predicted molar refractivity (Wildman–Crippen MR) is 74.3 cm³/mol. The number of aromatic nitrogens is 3. The Labute approximate surface area is 124 Å². The third-order valence-corrected chi connectivity index (χ3v) is 2.53. The molecule has 2 aromatic heterocycles. The van der Waals surface area contributed by atoms with Crippen molar-refractivity contribution in [1.82, 2.24) is 15.0 Å². The molecule has 6 nitrogen and oxygen atoms in total. The fourth-order valence-electron chi connectivity index (χ4n) is 1.67. The summed E-state index contributed by atoms with van der Waals surface area (Å²) in [6, 6.07) is 4.79. The van der Waals surface area contributed by atoms with E-state index in [4.69, 9.17) is 5.73 Å². The van der Waals surface area contributed by atoms with Gasteiger partial charge in [0.1, 0.15) is 5.82 Å². The van der Waals surface area contributed by atoms with Gasteiger partial charge in [-0.15, -0.1) is 0 Å². The summed E-state index contributed by atoms with van der Waals surface area (Å²) in [4.78, 5) is 11.7. The van der Waals surface area contributed by atoms with E-state index >= 15 is 0 Å². The van der Waals surface area contributed by atoms with Gasteiger partial charge in [-0.3, -0.25) is 0 Å². The van der Waals surface area contributed by atoms with Gasteiger partial charge >= 0.3 is 6.18 Å². The molecule has 0 bridgehead atoms. The van der Waals surface area contributed by atoms with E-state index < -0.39 is 12.8 Å². The van der Waals surface area contributed by atoms with Crippen molar-refractivity contribution in [2.45, 2.75) is 19.6 Å². The van der Waals surface area contributed by atoms with Crippen molar-refractivity contribution >= 4 is 11.8 Å². The van der Waals surface area contributed by atoms with Crippen LogP contribution >= 0.6 is 0 Å². The Bertz CT molecular complexity index is 628. The zero-order valence-corrected chi connectivity index (χ0v) is 11.7. The average Bonchev–Trinajstić information content (AvgIpc) is 2.42. The smallest absolute Gasteiger partial charge is 0.422 e. The summed E-state index contributed by atoms with van der Waals surface area (Å²) in [7, 11) is 0. The van der Waals surface area contributed by atoms with E-state index in [1.54, 1.807) is 19.1 Å².